The lowest BCUT2D eigenvalue weighted by atomic mass is 10.2. The summed E-state index contributed by atoms with van der Waals surface area (Å²) in [5, 5.41) is 1.04. The van der Waals surface area contributed by atoms with Crippen LogP contribution >= 0.6 is 11.8 Å². The Hall–Kier alpha value is -0.593. The maximum atomic E-state index is 12.2. The zero-order valence-corrected chi connectivity index (χ0v) is 16.8. The van der Waals surface area contributed by atoms with Crippen molar-refractivity contribution in [1.29, 1.82) is 0 Å². The highest BCUT2D eigenvalue weighted by atomic mass is 32.2. The Labute approximate surface area is 139 Å². The van der Waals surface area contributed by atoms with Gasteiger partial charge in [-0.25, -0.2) is 4.98 Å². The predicted molar refractivity (Wildman–Crippen MR) is 97.4 cm³/mol. The highest BCUT2D eigenvalue weighted by Gasteiger charge is 2.36. The number of aromatic nitrogens is 2. The van der Waals surface area contributed by atoms with E-state index >= 15 is 0 Å². The first-order valence-corrected chi connectivity index (χ1v) is 12.0. The van der Waals surface area contributed by atoms with Crippen LogP contribution in [0.15, 0.2) is 16.1 Å². The van der Waals surface area contributed by atoms with Crippen molar-refractivity contribution in [1.82, 2.24) is 9.55 Å². The van der Waals surface area contributed by atoms with E-state index in [1.54, 1.807) is 10.8 Å². The molecule has 0 aliphatic heterocycles. The van der Waals surface area contributed by atoms with Crippen LogP contribution in [0.4, 0.5) is 0 Å². The van der Waals surface area contributed by atoms with Crippen LogP contribution in [-0.2, 0) is 11.0 Å². The summed E-state index contributed by atoms with van der Waals surface area (Å²) in [7, 11) is -1.66. The molecule has 22 heavy (non-hydrogen) atoms. The zero-order valence-electron chi connectivity index (χ0n) is 15.0. The fourth-order valence-corrected chi connectivity index (χ4v) is 3.49. The Kier molecular flexibility index (Phi) is 6.89. The molecule has 0 amide bonds. The first-order valence-electron chi connectivity index (χ1n) is 7.84. The van der Waals surface area contributed by atoms with E-state index in [2.05, 4.69) is 38.8 Å². The molecule has 1 rings (SSSR count). The second-order valence-corrected chi connectivity index (χ2v) is 12.8. The zero-order chi connectivity index (χ0) is 17.0. The van der Waals surface area contributed by atoms with Gasteiger partial charge in [-0.05, 0) is 44.2 Å². The third-order valence-electron chi connectivity index (χ3n) is 4.41. The minimum atomic E-state index is -1.66. The third-order valence-corrected chi connectivity index (χ3v) is 9.64. The van der Waals surface area contributed by atoms with Crippen LogP contribution in [0.25, 0.3) is 0 Å². The summed E-state index contributed by atoms with van der Waals surface area (Å²) in [6, 6.07) is 0. The van der Waals surface area contributed by atoms with Gasteiger partial charge in [0.05, 0.1) is 0 Å². The molecular weight excluding hydrogens is 312 g/mol. The van der Waals surface area contributed by atoms with Gasteiger partial charge in [-0.1, -0.05) is 32.5 Å². The van der Waals surface area contributed by atoms with Gasteiger partial charge in [0.25, 0.3) is 5.56 Å². The molecule has 0 fully saturated rings. The number of rotatable bonds is 7. The summed E-state index contributed by atoms with van der Waals surface area (Å²) in [4.78, 5) is 16.5. The highest BCUT2D eigenvalue weighted by molar-refractivity contribution is 7.98. The number of hydrogen-bond acceptors (Lipinski definition) is 4. The van der Waals surface area contributed by atoms with E-state index in [0.717, 1.165) is 24.6 Å². The molecule has 1 heterocycles. The summed E-state index contributed by atoms with van der Waals surface area (Å²) < 4.78 is 7.96. The molecule has 0 radical (unpaired) electrons. The Morgan fingerprint density at radius 2 is 1.95 bits per heavy atom. The lowest BCUT2D eigenvalue weighted by molar-refractivity contribution is 0.275. The minimum absolute atomic E-state index is 0.0738. The molecule has 4 nitrogen and oxygen atoms in total. The van der Waals surface area contributed by atoms with E-state index in [4.69, 9.17) is 4.43 Å². The van der Waals surface area contributed by atoms with E-state index in [1.807, 2.05) is 13.2 Å². The largest absolute Gasteiger partial charge is 0.417 e. The first-order chi connectivity index (χ1) is 10.1. The average Bonchev–Trinajstić information content (AvgIpc) is 2.41. The molecule has 0 N–H and O–H groups in total. The molecule has 126 valence electrons. The Morgan fingerprint density at radius 1 is 1.32 bits per heavy atom. The average molecular weight is 343 g/mol. The number of aryl methyl sites for hydroxylation is 1. The standard InChI is InChI=1S/C16H30N2O2SSi/c1-13-12-17-15(21-5)18(14(13)19)10-8-9-11-20-22(6,7)16(2,3)4/h12H,8-11H2,1-7H3. The Bertz CT molecular complexity index is 550. The number of thioether (sulfide) groups is 1. The van der Waals surface area contributed by atoms with Crippen molar-refractivity contribution in [3.8, 4) is 0 Å². The van der Waals surface area contributed by atoms with Crippen LogP contribution in [0, 0.1) is 6.92 Å². The van der Waals surface area contributed by atoms with Crippen molar-refractivity contribution in [2.24, 2.45) is 0 Å². The highest BCUT2D eigenvalue weighted by Crippen LogP contribution is 2.36. The fourth-order valence-electron chi connectivity index (χ4n) is 1.85. The van der Waals surface area contributed by atoms with Crippen molar-refractivity contribution in [3.05, 3.63) is 22.1 Å². The molecule has 0 bridgehead atoms. The van der Waals surface area contributed by atoms with Crippen LogP contribution in [-0.4, -0.2) is 30.7 Å². The molecule has 0 aliphatic rings. The second-order valence-electron chi connectivity index (χ2n) is 7.20. The van der Waals surface area contributed by atoms with Crippen LogP contribution in [0.2, 0.25) is 18.1 Å². The molecular formula is C16H30N2O2SSi. The first kappa shape index (κ1) is 19.5. The van der Waals surface area contributed by atoms with Crippen LogP contribution < -0.4 is 5.56 Å². The van der Waals surface area contributed by atoms with Crippen molar-refractivity contribution in [3.63, 3.8) is 0 Å². The van der Waals surface area contributed by atoms with E-state index < -0.39 is 8.32 Å². The van der Waals surface area contributed by atoms with Crippen molar-refractivity contribution < 1.29 is 4.43 Å². The topological polar surface area (TPSA) is 44.1 Å². The molecule has 0 unspecified atom stereocenters. The molecule has 6 heteroatoms. The smallest absolute Gasteiger partial charge is 0.257 e. The molecule has 0 atom stereocenters. The monoisotopic (exact) mass is 342 g/mol. The molecule has 1 aromatic heterocycles. The molecule has 0 aromatic carbocycles. The van der Waals surface area contributed by atoms with Crippen LogP contribution in [0.3, 0.4) is 0 Å². The van der Waals surface area contributed by atoms with Gasteiger partial charge < -0.3 is 4.43 Å². The number of hydrogen-bond donors (Lipinski definition) is 0. The van der Waals surface area contributed by atoms with E-state index in [1.165, 1.54) is 11.8 Å². The van der Waals surface area contributed by atoms with Crippen molar-refractivity contribution in [2.45, 2.75) is 70.4 Å². The van der Waals surface area contributed by atoms with Gasteiger partial charge in [0.15, 0.2) is 13.5 Å². The maximum Gasteiger partial charge on any atom is 0.257 e. The fraction of sp³-hybridized carbons (Fsp3) is 0.750. The lowest BCUT2D eigenvalue weighted by Gasteiger charge is -2.36. The van der Waals surface area contributed by atoms with Crippen LogP contribution in [0.5, 0.6) is 0 Å². The minimum Gasteiger partial charge on any atom is -0.417 e. The SMILES string of the molecule is CSc1ncc(C)c(=O)n1CCCCO[Si](C)(C)C(C)(C)C. The van der Waals surface area contributed by atoms with Crippen molar-refractivity contribution >= 4 is 20.1 Å². The van der Waals surface area contributed by atoms with Gasteiger partial charge >= 0.3 is 0 Å². The molecule has 0 aliphatic carbocycles. The normalized spacial score (nSPS) is 12.7. The molecule has 0 spiro atoms. The number of nitrogens with zero attached hydrogens (tertiary/aromatic N) is 2. The summed E-state index contributed by atoms with van der Waals surface area (Å²) in [6.07, 6.45) is 5.52. The van der Waals surface area contributed by atoms with Gasteiger partial charge in [0.2, 0.25) is 0 Å². The van der Waals surface area contributed by atoms with E-state index in [9.17, 15) is 4.79 Å². The van der Waals surface area contributed by atoms with Gasteiger partial charge in [-0.2, -0.15) is 0 Å². The summed E-state index contributed by atoms with van der Waals surface area (Å²) in [5.74, 6) is 0. The van der Waals surface area contributed by atoms with E-state index in [-0.39, 0.29) is 10.6 Å². The van der Waals surface area contributed by atoms with Gasteiger partial charge in [-0.3, -0.25) is 9.36 Å². The quantitative estimate of drug-likeness (QED) is 0.324. The summed E-state index contributed by atoms with van der Waals surface area (Å²) in [6.45, 7) is 14.6. The van der Waals surface area contributed by atoms with Gasteiger partial charge in [0.1, 0.15) is 0 Å². The van der Waals surface area contributed by atoms with E-state index in [0.29, 0.717) is 12.1 Å². The third kappa shape index (κ3) is 4.96. The maximum absolute atomic E-state index is 12.2. The summed E-state index contributed by atoms with van der Waals surface area (Å²) in [5.41, 5.74) is 0.778. The van der Waals surface area contributed by atoms with Crippen LogP contribution in [0.1, 0.15) is 39.2 Å². The molecule has 0 saturated carbocycles. The van der Waals surface area contributed by atoms with Gasteiger partial charge in [0, 0.05) is 24.9 Å². The second kappa shape index (κ2) is 7.79. The Balaban J connectivity index is 2.53. The predicted octanol–water partition coefficient (Wildman–Crippen LogP) is 4.08. The Morgan fingerprint density at radius 3 is 2.50 bits per heavy atom. The molecule has 1 aromatic rings. The van der Waals surface area contributed by atoms with Crippen molar-refractivity contribution in [2.75, 3.05) is 12.9 Å². The number of unbranched alkanes of at least 4 members (excludes halogenated alkanes) is 1. The lowest BCUT2D eigenvalue weighted by Crippen LogP contribution is -2.41. The summed E-state index contributed by atoms with van der Waals surface area (Å²) >= 11 is 1.52. The molecule has 0 saturated heterocycles. The van der Waals surface area contributed by atoms with Gasteiger partial charge in [-0.15, -0.1) is 0 Å².